The summed E-state index contributed by atoms with van der Waals surface area (Å²) in [6.07, 6.45) is 1.65. The van der Waals surface area contributed by atoms with Crippen molar-refractivity contribution in [1.82, 2.24) is 5.32 Å². The van der Waals surface area contributed by atoms with Crippen LogP contribution in [0.2, 0.25) is 0 Å². The van der Waals surface area contributed by atoms with Crippen LogP contribution in [0.3, 0.4) is 0 Å². The van der Waals surface area contributed by atoms with E-state index in [2.05, 4.69) is 5.32 Å². The van der Waals surface area contributed by atoms with Crippen LogP contribution >= 0.6 is 0 Å². The van der Waals surface area contributed by atoms with Gasteiger partial charge in [0.15, 0.2) is 9.84 Å². The highest BCUT2D eigenvalue weighted by molar-refractivity contribution is 7.91. The number of carbonyl (C=O) groups is 1. The number of aliphatic hydroxyl groups excluding tert-OH is 1. The maximum Gasteiger partial charge on any atom is 0.224 e. The lowest BCUT2D eigenvalue weighted by Crippen LogP contribution is -2.52. The maximum atomic E-state index is 11.9. The molecule has 1 saturated heterocycles. The number of amides is 1. The summed E-state index contributed by atoms with van der Waals surface area (Å²) in [6, 6.07) is 0. The van der Waals surface area contributed by atoms with E-state index in [4.69, 9.17) is 0 Å². The summed E-state index contributed by atoms with van der Waals surface area (Å²) in [5.41, 5.74) is -0.608. The number of aliphatic hydroxyl groups is 1. The van der Waals surface area contributed by atoms with Crippen molar-refractivity contribution in [3.63, 3.8) is 0 Å². The van der Waals surface area contributed by atoms with Gasteiger partial charge in [-0.25, -0.2) is 8.42 Å². The van der Waals surface area contributed by atoms with E-state index in [0.29, 0.717) is 19.3 Å². The van der Waals surface area contributed by atoms with Gasteiger partial charge < -0.3 is 10.4 Å². The monoisotopic (exact) mass is 263 g/mol. The number of nitrogens with one attached hydrogen (secondary N) is 1. The Morgan fingerprint density at radius 2 is 2.00 bits per heavy atom. The first-order valence-electron chi connectivity index (χ1n) is 6.01. The van der Waals surface area contributed by atoms with Gasteiger partial charge in [0, 0.05) is 0 Å². The van der Waals surface area contributed by atoms with Gasteiger partial charge in [-0.3, -0.25) is 4.79 Å². The molecule has 1 rings (SSSR count). The van der Waals surface area contributed by atoms with E-state index in [1.54, 1.807) is 0 Å². The molecule has 0 radical (unpaired) electrons. The fourth-order valence-corrected chi connectivity index (χ4v) is 3.80. The SMILES string of the molecule is CCC(CC)(CO)NC(=O)C1CCS(=O)(=O)C1. The third kappa shape index (κ3) is 3.42. The Labute approximate surface area is 103 Å². The third-order valence-corrected chi connectivity index (χ3v) is 5.42. The van der Waals surface area contributed by atoms with Crippen LogP contribution in [-0.4, -0.2) is 43.1 Å². The highest BCUT2D eigenvalue weighted by atomic mass is 32.2. The minimum absolute atomic E-state index is 0.0617. The molecule has 5 nitrogen and oxygen atoms in total. The Hall–Kier alpha value is -0.620. The minimum Gasteiger partial charge on any atom is -0.394 e. The third-order valence-electron chi connectivity index (χ3n) is 3.65. The van der Waals surface area contributed by atoms with Gasteiger partial charge in [0.2, 0.25) is 5.91 Å². The highest BCUT2D eigenvalue weighted by Gasteiger charge is 2.36. The smallest absolute Gasteiger partial charge is 0.224 e. The van der Waals surface area contributed by atoms with Crippen molar-refractivity contribution in [3.8, 4) is 0 Å². The first kappa shape index (κ1) is 14.4. The summed E-state index contributed by atoms with van der Waals surface area (Å²) >= 11 is 0. The van der Waals surface area contributed by atoms with Crippen LogP contribution in [0.25, 0.3) is 0 Å². The molecule has 1 heterocycles. The molecular formula is C11H21NO4S. The number of hydrogen-bond acceptors (Lipinski definition) is 4. The summed E-state index contributed by atoms with van der Waals surface area (Å²) in [6.45, 7) is 3.67. The van der Waals surface area contributed by atoms with E-state index in [-0.39, 0.29) is 24.0 Å². The van der Waals surface area contributed by atoms with Crippen LogP contribution in [0, 0.1) is 5.92 Å². The van der Waals surface area contributed by atoms with Crippen molar-refractivity contribution >= 4 is 15.7 Å². The van der Waals surface area contributed by atoms with Gasteiger partial charge in [-0.05, 0) is 19.3 Å². The maximum absolute atomic E-state index is 11.9. The van der Waals surface area contributed by atoms with Crippen LogP contribution < -0.4 is 5.32 Å². The predicted molar refractivity (Wildman–Crippen MR) is 65.3 cm³/mol. The van der Waals surface area contributed by atoms with E-state index >= 15 is 0 Å². The van der Waals surface area contributed by atoms with Crippen molar-refractivity contribution < 1.29 is 18.3 Å². The molecule has 100 valence electrons. The van der Waals surface area contributed by atoms with Crippen molar-refractivity contribution in [2.45, 2.75) is 38.6 Å². The van der Waals surface area contributed by atoms with Crippen LogP contribution in [0.4, 0.5) is 0 Å². The van der Waals surface area contributed by atoms with Gasteiger partial charge in [-0.2, -0.15) is 0 Å². The Kier molecular flexibility index (Phi) is 4.55. The second-order valence-corrected chi connectivity index (χ2v) is 6.96. The van der Waals surface area contributed by atoms with Gasteiger partial charge in [0.25, 0.3) is 0 Å². The second kappa shape index (κ2) is 5.35. The molecule has 1 amide bonds. The molecule has 1 atom stereocenters. The van der Waals surface area contributed by atoms with Crippen LogP contribution in [0.5, 0.6) is 0 Å². The topological polar surface area (TPSA) is 83.5 Å². The summed E-state index contributed by atoms with van der Waals surface area (Å²) in [5, 5.41) is 12.1. The summed E-state index contributed by atoms with van der Waals surface area (Å²) in [4.78, 5) is 11.9. The van der Waals surface area contributed by atoms with Gasteiger partial charge in [-0.1, -0.05) is 13.8 Å². The molecule has 1 fully saturated rings. The fourth-order valence-electron chi connectivity index (χ4n) is 2.06. The molecule has 0 aliphatic carbocycles. The quantitative estimate of drug-likeness (QED) is 0.736. The van der Waals surface area contributed by atoms with Crippen LogP contribution in [-0.2, 0) is 14.6 Å². The molecule has 1 aliphatic heterocycles. The van der Waals surface area contributed by atoms with Crippen molar-refractivity contribution in [3.05, 3.63) is 0 Å². The Bertz CT molecular complexity index is 365. The zero-order valence-electron chi connectivity index (χ0n) is 10.4. The van der Waals surface area contributed by atoms with Gasteiger partial charge in [-0.15, -0.1) is 0 Å². The molecular weight excluding hydrogens is 242 g/mol. The van der Waals surface area contributed by atoms with E-state index in [1.165, 1.54) is 0 Å². The minimum atomic E-state index is -3.04. The lowest BCUT2D eigenvalue weighted by atomic mass is 9.92. The molecule has 0 aromatic carbocycles. The zero-order chi connectivity index (χ0) is 13.1. The van der Waals surface area contributed by atoms with E-state index < -0.39 is 21.3 Å². The average Bonchev–Trinajstić information content (AvgIpc) is 2.67. The molecule has 6 heteroatoms. The number of rotatable bonds is 5. The largest absolute Gasteiger partial charge is 0.394 e. The van der Waals surface area contributed by atoms with Gasteiger partial charge in [0.05, 0.1) is 29.6 Å². The molecule has 1 unspecified atom stereocenters. The standard InChI is InChI=1S/C11H21NO4S/c1-3-11(4-2,8-13)12-10(14)9-5-6-17(15,16)7-9/h9,13H,3-8H2,1-2H3,(H,12,14). The first-order valence-corrected chi connectivity index (χ1v) is 7.83. The zero-order valence-corrected chi connectivity index (χ0v) is 11.2. The Balaban J connectivity index is 2.66. The predicted octanol–water partition coefficient (Wildman–Crippen LogP) is 0.0884. The molecule has 0 spiro atoms. The lowest BCUT2D eigenvalue weighted by molar-refractivity contribution is -0.127. The molecule has 0 saturated carbocycles. The Morgan fingerprint density at radius 1 is 1.41 bits per heavy atom. The normalized spacial score (nSPS) is 23.6. The molecule has 2 N–H and O–H groups in total. The highest BCUT2D eigenvalue weighted by Crippen LogP contribution is 2.21. The van der Waals surface area contributed by atoms with Gasteiger partial charge >= 0.3 is 0 Å². The molecule has 0 aromatic heterocycles. The number of carbonyl (C=O) groups excluding carboxylic acids is 1. The molecule has 0 aromatic rings. The van der Waals surface area contributed by atoms with Gasteiger partial charge in [0.1, 0.15) is 0 Å². The second-order valence-electron chi connectivity index (χ2n) is 4.73. The molecule has 1 aliphatic rings. The van der Waals surface area contributed by atoms with E-state index in [9.17, 15) is 18.3 Å². The average molecular weight is 263 g/mol. The van der Waals surface area contributed by atoms with Crippen LogP contribution in [0.1, 0.15) is 33.1 Å². The molecule has 17 heavy (non-hydrogen) atoms. The fraction of sp³-hybridized carbons (Fsp3) is 0.909. The van der Waals surface area contributed by atoms with Crippen LogP contribution in [0.15, 0.2) is 0 Å². The number of sulfone groups is 1. The van der Waals surface area contributed by atoms with E-state index in [0.717, 1.165) is 0 Å². The van der Waals surface area contributed by atoms with Crippen molar-refractivity contribution in [1.29, 1.82) is 0 Å². The first-order chi connectivity index (χ1) is 7.88. The number of hydrogen-bond donors (Lipinski definition) is 2. The summed E-state index contributed by atoms with van der Waals surface area (Å²) in [5.74, 6) is -0.670. The Morgan fingerprint density at radius 3 is 2.35 bits per heavy atom. The van der Waals surface area contributed by atoms with Crippen molar-refractivity contribution in [2.75, 3.05) is 18.1 Å². The van der Waals surface area contributed by atoms with E-state index in [1.807, 2.05) is 13.8 Å². The van der Waals surface area contributed by atoms with Crippen molar-refractivity contribution in [2.24, 2.45) is 5.92 Å². The molecule has 0 bridgehead atoms. The summed E-state index contributed by atoms with van der Waals surface area (Å²) < 4.78 is 22.6. The summed E-state index contributed by atoms with van der Waals surface area (Å²) in [7, 11) is -3.04. The lowest BCUT2D eigenvalue weighted by Gasteiger charge is -2.31.